The summed E-state index contributed by atoms with van der Waals surface area (Å²) in [6, 6.07) is 12.5. The van der Waals surface area contributed by atoms with Gasteiger partial charge in [-0.1, -0.05) is 19.1 Å². The summed E-state index contributed by atoms with van der Waals surface area (Å²) in [5, 5.41) is 4.64. The number of nitrogens with zero attached hydrogens (tertiary/aromatic N) is 1. The van der Waals surface area contributed by atoms with E-state index in [0.29, 0.717) is 0 Å². The smallest absolute Gasteiger partial charge is 0.174 e. The molecule has 1 N–H and O–H groups in total. The minimum Gasteiger partial charge on any atom is -0.457 e. The van der Waals surface area contributed by atoms with Crippen LogP contribution < -0.4 is 5.32 Å². The zero-order chi connectivity index (χ0) is 13.9. The number of nitrogens with one attached hydrogen (secondary N) is 1. The molecule has 102 valence electrons. The maximum absolute atomic E-state index is 5.37. The average molecular weight is 331 g/mol. The summed E-state index contributed by atoms with van der Waals surface area (Å²) in [6.45, 7) is 2.98. The van der Waals surface area contributed by atoms with Gasteiger partial charge in [-0.3, -0.25) is 4.98 Å². The number of furan rings is 1. The Kier molecular flexibility index (Phi) is 3.85. The summed E-state index contributed by atoms with van der Waals surface area (Å²) in [7, 11) is 0. The van der Waals surface area contributed by atoms with E-state index in [1.54, 1.807) is 6.26 Å². The molecule has 0 bridgehead atoms. The number of pyridine rings is 1. The van der Waals surface area contributed by atoms with E-state index in [1.807, 2.05) is 18.3 Å². The van der Waals surface area contributed by atoms with Crippen molar-refractivity contribution in [3.63, 3.8) is 0 Å². The first kappa shape index (κ1) is 13.3. The van der Waals surface area contributed by atoms with Gasteiger partial charge in [-0.25, -0.2) is 0 Å². The maximum atomic E-state index is 5.37. The van der Waals surface area contributed by atoms with Crippen LogP contribution in [0.5, 0.6) is 0 Å². The van der Waals surface area contributed by atoms with Gasteiger partial charge in [-0.15, -0.1) is 0 Å². The van der Waals surface area contributed by atoms with Crippen LogP contribution in [0.15, 0.2) is 57.9 Å². The molecular weight excluding hydrogens is 316 g/mol. The van der Waals surface area contributed by atoms with E-state index >= 15 is 0 Å². The third kappa shape index (κ3) is 2.49. The minimum absolute atomic E-state index is 0.109. The molecule has 0 saturated carbocycles. The van der Waals surface area contributed by atoms with Crippen molar-refractivity contribution in [2.75, 3.05) is 6.54 Å². The molecule has 2 aromatic heterocycles. The van der Waals surface area contributed by atoms with E-state index in [4.69, 9.17) is 4.42 Å². The highest BCUT2D eigenvalue weighted by Crippen LogP contribution is 2.30. The van der Waals surface area contributed by atoms with Gasteiger partial charge in [0.05, 0.1) is 17.8 Å². The van der Waals surface area contributed by atoms with Crippen molar-refractivity contribution in [2.24, 2.45) is 0 Å². The summed E-state index contributed by atoms with van der Waals surface area (Å²) >= 11 is 3.46. The Hall–Kier alpha value is -1.65. The molecule has 20 heavy (non-hydrogen) atoms. The number of hydrogen-bond donors (Lipinski definition) is 1. The molecule has 1 unspecified atom stereocenters. The van der Waals surface area contributed by atoms with E-state index in [0.717, 1.165) is 27.7 Å². The first-order valence-electron chi connectivity index (χ1n) is 6.60. The predicted octanol–water partition coefficient (Wildman–Crippen LogP) is 4.29. The van der Waals surface area contributed by atoms with Gasteiger partial charge in [-0.05, 0) is 52.3 Å². The molecule has 4 heteroatoms. The molecule has 1 aromatic carbocycles. The Morgan fingerprint density at radius 2 is 2.20 bits per heavy atom. The molecule has 3 nitrogen and oxygen atoms in total. The van der Waals surface area contributed by atoms with Gasteiger partial charge in [0.1, 0.15) is 0 Å². The maximum Gasteiger partial charge on any atom is 0.174 e. The van der Waals surface area contributed by atoms with Crippen LogP contribution in [0.3, 0.4) is 0 Å². The summed E-state index contributed by atoms with van der Waals surface area (Å²) < 4.78 is 6.14. The van der Waals surface area contributed by atoms with Crippen LogP contribution >= 0.6 is 15.9 Å². The lowest BCUT2D eigenvalue weighted by molar-refractivity contribution is 0.526. The standard InChI is InChI=1S/C16H15BrN2O/c1-2-18-15(13-7-9-20-16(13)17)12-5-6-14-11(10-12)4-3-8-19-14/h3-10,15,18H,2H2,1H3. The van der Waals surface area contributed by atoms with Crippen molar-refractivity contribution in [1.29, 1.82) is 0 Å². The highest BCUT2D eigenvalue weighted by atomic mass is 79.9. The molecule has 2 heterocycles. The second-order valence-corrected chi connectivity index (χ2v) is 5.32. The van der Waals surface area contributed by atoms with Crippen LogP contribution in [-0.4, -0.2) is 11.5 Å². The lowest BCUT2D eigenvalue weighted by Crippen LogP contribution is -2.21. The fourth-order valence-electron chi connectivity index (χ4n) is 2.40. The molecule has 0 spiro atoms. The Balaban J connectivity index is 2.07. The van der Waals surface area contributed by atoms with Gasteiger partial charge in [0.25, 0.3) is 0 Å². The van der Waals surface area contributed by atoms with Crippen molar-refractivity contribution in [3.8, 4) is 0 Å². The summed E-state index contributed by atoms with van der Waals surface area (Å²) in [4.78, 5) is 4.36. The third-order valence-electron chi connectivity index (χ3n) is 3.33. The number of benzene rings is 1. The van der Waals surface area contributed by atoms with E-state index in [1.165, 1.54) is 5.56 Å². The van der Waals surface area contributed by atoms with Crippen LogP contribution in [0.25, 0.3) is 10.9 Å². The minimum atomic E-state index is 0.109. The third-order valence-corrected chi connectivity index (χ3v) is 3.97. The quantitative estimate of drug-likeness (QED) is 0.775. The second kappa shape index (κ2) is 5.77. The number of rotatable bonds is 4. The topological polar surface area (TPSA) is 38.1 Å². The first-order valence-corrected chi connectivity index (χ1v) is 7.40. The highest BCUT2D eigenvalue weighted by Gasteiger charge is 2.18. The van der Waals surface area contributed by atoms with Gasteiger partial charge < -0.3 is 9.73 Å². The SMILES string of the molecule is CCNC(c1ccc2ncccc2c1)c1ccoc1Br. The van der Waals surface area contributed by atoms with Crippen molar-refractivity contribution in [1.82, 2.24) is 10.3 Å². The van der Waals surface area contributed by atoms with Gasteiger partial charge in [0.15, 0.2) is 4.67 Å². The first-order chi connectivity index (χ1) is 9.79. The molecule has 0 saturated heterocycles. The van der Waals surface area contributed by atoms with E-state index in [-0.39, 0.29) is 6.04 Å². The monoisotopic (exact) mass is 330 g/mol. The summed E-state index contributed by atoms with van der Waals surface area (Å²) in [5.41, 5.74) is 3.32. The fourth-order valence-corrected chi connectivity index (χ4v) is 2.86. The summed E-state index contributed by atoms with van der Waals surface area (Å²) in [6.07, 6.45) is 3.52. The van der Waals surface area contributed by atoms with Gasteiger partial charge in [0.2, 0.25) is 0 Å². The van der Waals surface area contributed by atoms with Crippen LogP contribution in [0.4, 0.5) is 0 Å². The van der Waals surface area contributed by atoms with Gasteiger partial charge in [0, 0.05) is 17.1 Å². The lowest BCUT2D eigenvalue weighted by Gasteiger charge is -2.18. The second-order valence-electron chi connectivity index (χ2n) is 4.60. The van der Waals surface area contributed by atoms with Crippen LogP contribution in [0.2, 0.25) is 0 Å². The van der Waals surface area contributed by atoms with E-state index < -0.39 is 0 Å². The Labute approximate surface area is 126 Å². The van der Waals surface area contributed by atoms with Crippen LogP contribution in [0, 0.1) is 0 Å². The molecule has 0 radical (unpaired) electrons. The molecule has 0 fully saturated rings. The van der Waals surface area contributed by atoms with Gasteiger partial charge >= 0.3 is 0 Å². The zero-order valence-corrected chi connectivity index (χ0v) is 12.7. The molecule has 3 aromatic rings. The van der Waals surface area contributed by atoms with Crippen molar-refractivity contribution in [2.45, 2.75) is 13.0 Å². The molecule has 0 amide bonds. The molecule has 0 aliphatic rings. The average Bonchev–Trinajstić information content (AvgIpc) is 2.90. The van der Waals surface area contributed by atoms with Crippen LogP contribution in [-0.2, 0) is 0 Å². The van der Waals surface area contributed by atoms with Crippen molar-refractivity contribution in [3.05, 3.63) is 64.7 Å². The molecule has 1 atom stereocenters. The molecular formula is C16H15BrN2O. The number of halogens is 1. The Morgan fingerprint density at radius 3 is 2.95 bits per heavy atom. The predicted molar refractivity (Wildman–Crippen MR) is 83.7 cm³/mol. The lowest BCUT2D eigenvalue weighted by atomic mass is 9.99. The van der Waals surface area contributed by atoms with Crippen molar-refractivity contribution >= 4 is 26.8 Å². The fraction of sp³-hybridized carbons (Fsp3) is 0.188. The number of aromatic nitrogens is 1. The highest BCUT2D eigenvalue weighted by molar-refractivity contribution is 9.10. The molecule has 0 aliphatic heterocycles. The Morgan fingerprint density at radius 1 is 1.30 bits per heavy atom. The molecule has 3 rings (SSSR count). The normalized spacial score (nSPS) is 12.7. The van der Waals surface area contributed by atoms with Crippen molar-refractivity contribution < 1.29 is 4.42 Å². The number of fused-ring (bicyclic) bond motifs is 1. The molecule has 0 aliphatic carbocycles. The van der Waals surface area contributed by atoms with E-state index in [2.05, 4.69) is 57.4 Å². The Bertz CT molecular complexity index is 723. The van der Waals surface area contributed by atoms with Gasteiger partial charge in [-0.2, -0.15) is 0 Å². The summed E-state index contributed by atoms with van der Waals surface area (Å²) in [5.74, 6) is 0. The van der Waals surface area contributed by atoms with E-state index in [9.17, 15) is 0 Å². The zero-order valence-electron chi connectivity index (χ0n) is 11.1. The van der Waals surface area contributed by atoms with Crippen LogP contribution in [0.1, 0.15) is 24.1 Å². The largest absolute Gasteiger partial charge is 0.457 e. The number of hydrogen-bond acceptors (Lipinski definition) is 3.